The van der Waals surface area contributed by atoms with Crippen LogP contribution in [0.3, 0.4) is 0 Å². The Balaban J connectivity index is 2.14. The fourth-order valence-corrected chi connectivity index (χ4v) is 3.21. The van der Waals surface area contributed by atoms with E-state index < -0.39 is 0 Å². The number of aryl methyl sites for hydroxylation is 2. The first kappa shape index (κ1) is 17.3. The van der Waals surface area contributed by atoms with Crippen LogP contribution in [0, 0.1) is 6.92 Å². The molecule has 0 radical (unpaired) electrons. The Morgan fingerprint density at radius 3 is 2.60 bits per heavy atom. The van der Waals surface area contributed by atoms with Crippen LogP contribution in [0.25, 0.3) is 22.2 Å². The molecule has 0 amide bonds. The SMILES string of the molecule is COc1cc(C)c2[nH]c(-c3ccc(OC)nc3)c(CCCCN)c2c1. The van der Waals surface area contributed by atoms with Crippen LogP contribution in [0.4, 0.5) is 0 Å². The first-order valence-electron chi connectivity index (χ1n) is 8.57. The second-order valence-corrected chi connectivity index (χ2v) is 6.18. The first-order chi connectivity index (χ1) is 12.2. The lowest BCUT2D eigenvalue weighted by molar-refractivity contribution is 0.398. The fraction of sp³-hybridized carbons (Fsp3) is 0.350. The predicted molar refractivity (Wildman–Crippen MR) is 101 cm³/mol. The monoisotopic (exact) mass is 339 g/mol. The van der Waals surface area contributed by atoms with Gasteiger partial charge in [-0.1, -0.05) is 0 Å². The van der Waals surface area contributed by atoms with Crippen molar-refractivity contribution in [1.29, 1.82) is 0 Å². The summed E-state index contributed by atoms with van der Waals surface area (Å²) in [5.41, 5.74) is 11.4. The lowest BCUT2D eigenvalue weighted by Crippen LogP contribution is -1.99. The van der Waals surface area contributed by atoms with Gasteiger partial charge in [0, 0.05) is 28.7 Å². The highest BCUT2D eigenvalue weighted by Crippen LogP contribution is 2.35. The summed E-state index contributed by atoms with van der Waals surface area (Å²) in [6.45, 7) is 2.81. The number of rotatable bonds is 7. The smallest absolute Gasteiger partial charge is 0.212 e. The maximum Gasteiger partial charge on any atom is 0.212 e. The summed E-state index contributed by atoms with van der Waals surface area (Å²) in [5.74, 6) is 1.49. The summed E-state index contributed by atoms with van der Waals surface area (Å²) in [4.78, 5) is 7.95. The minimum atomic E-state index is 0.613. The minimum Gasteiger partial charge on any atom is -0.497 e. The maximum absolute atomic E-state index is 5.68. The van der Waals surface area contributed by atoms with Gasteiger partial charge in [0.25, 0.3) is 0 Å². The van der Waals surface area contributed by atoms with E-state index in [1.54, 1.807) is 14.2 Å². The normalized spacial score (nSPS) is 11.0. The van der Waals surface area contributed by atoms with Gasteiger partial charge in [-0.25, -0.2) is 4.98 Å². The topological polar surface area (TPSA) is 73.2 Å². The third-order valence-electron chi connectivity index (χ3n) is 4.54. The van der Waals surface area contributed by atoms with Crippen molar-refractivity contribution in [3.05, 3.63) is 41.6 Å². The molecule has 0 aliphatic rings. The zero-order chi connectivity index (χ0) is 17.8. The van der Waals surface area contributed by atoms with Gasteiger partial charge >= 0.3 is 0 Å². The number of aromatic amines is 1. The van der Waals surface area contributed by atoms with Crippen LogP contribution in [-0.2, 0) is 6.42 Å². The number of pyridine rings is 1. The molecule has 3 aromatic rings. The van der Waals surface area contributed by atoms with Gasteiger partial charge in [-0.2, -0.15) is 0 Å². The highest BCUT2D eigenvalue weighted by atomic mass is 16.5. The molecule has 3 rings (SSSR count). The molecule has 5 nitrogen and oxygen atoms in total. The molecule has 1 aromatic carbocycles. The van der Waals surface area contributed by atoms with Crippen molar-refractivity contribution >= 4 is 10.9 Å². The summed E-state index contributed by atoms with van der Waals surface area (Å²) in [6.07, 6.45) is 4.87. The largest absolute Gasteiger partial charge is 0.497 e. The number of aromatic nitrogens is 2. The zero-order valence-electron chi connectivity index (χ0n) is 15.1. The number of nitrogens with one attached hydrogen (secondary N) is 1. The second-order valence-electron chi connectivity index (χ2n) is 6.18. The molecule has 2 aromatic heterocycles. The van der Waals surface area contributed by atoms with Crippen molar-refractivity contribution in [2.75, 3.05) is 20.8 Å². The molecule has 0 aliphatic carbocycles. The lowest BCUT2D eigenvalue weighted by atomic mass is 10.00. The Kier molecular flexibility index (Phi) is 5.24. The van der Waals surface area contributed by atoms with Crippen molar-refractivity contribution < 1.29 is 9.47 Å². The van der Waals surface area contributed by atoms with E-state index in [2.05, 4.69) is 29.0 Å². The molecular formula is C20H25N3O2. The van der Waals surface area contributed by atoms with E-state index >= 15 is 0 Å². The van der Waals surface area contributed by atoms with Crippen molar-refractivity contribution in [3.63, 3.8) is 0 Å². The van der Waals surface area contributed by atoms with Gasteiger partial charge < -0.3 is 20.2 Å². The van der Waals surface area contributed by atoms with Crippen molar-refractivity contribution in [1.82, 2.24) is 9.97 Å². The summed E-state index contributed by atoms with van der Waals surface area (Å²) >= 11 is 0. The number of hydrogen-bond acceptors (Lipinski definition) is 4. The molecule has 0 saturated heterocycles. The van der Waals surface area contributed by atoms with E-state index in [1.165, 1.54) is 16.5 Å². The molecular weight excluding hydrogens is 314 g/mol. The molecule has 0 atom stereocenters. The third kappa shape index (κ3) is 3.46. The molecule has 0 fully saturated rings. The average Bonchev–Trinajstić information content (AvgIpc) is 3.01. The minimum absolute atomic E-state index is 0.613. The van der Waals surface area contributed by atoms with Crippen LogP contribution in [0.1, 0.15) is 24.0 Å². The molecule has 3 N–H and O–H groups in total. The van der Waals surface area contributed by atoms with E-state index in [0.29, 0.717) is 12.4 Å². The maximum atomic E-state index is 5.68. The Morgan fingerprint density at radius 1 is 1.12 bits per heavy atom. The first-order valence-corrected chi connectivity index (χ1v) is 8.57. The van der Waals surface area contributed by atoms with E-state index in [4.69, 9.17) is 15.2 Å². The van der Waals surface area contributed by atoms with Crippen molar-refractivity contribution in [2.24, 2.45) is 5.73 Å². The molecule has 0 unspecified atom stereocenters. The Hall–Kier alpha value is -2.53. The van der Waals surface area contributed by atoms with Gasteiger partial charge in [0.05, 0.1) is 19.9 Å². The molecule has 0 saturated carbocycles. The van der Waals surface area contributed by atoms with E-state index in [0.717, 1.165) is 41.8 Å². The van der Waals surface area contributed by atoms with Crippen LogP contribution in [0.5, 0.6) is 11.6 Å². The number of benzene rings is 1. The number of unbranched alkanes of at least 4 members (excludes halogenated alkanes) is 1. The Morgan fingerprint density at radius 2 is 1.96 bits per heavy atom. The van der Waals surface area contributed by atoms with Crippen LogP contribution < -0.4 is 15.2 Å². The summed E-state index contributed by atoms with van der Waals surface area (Å²) in [7, 11) is 3.33. The number of nitrogens with zero attached hydrogens (tertiary/aromatic N) is 1. The molecule has 0 bridgehead atoms. The van der Waals surface area contributed by atoms with Gasteiger partial charge in [-0.15, -0.1) is 0 Å². The van der Waals surface area contributed by atoms with Crippen molar-refractivity contribution in [2.45, 2.75) is 26.2 Å². The summed E-state index contributed by atoms with van der Waals surface area (Å²) < 4.78 is 10.6. The lowest BCUT2D eigenvalue weighted by Gasteiger charge is -2.07. The van der Waals surface area contributed by atoms with Gasteiger partial charge in [-0.3, -0.25) is 0 Å². The number of hydrogen-bond donors (Lipinski definition) is 2. The van der Waals surface area contributed by atoms with Crippen LogP contribution in [-0.4, -0.2) is 30.7 Å². The second kappa shape index (κ2) is 7.57. The number of H-pyrrole nitrogens is 1. The molecule has 132 valence electrons. The van der Waals surface area contributed by atoms with Gasteiger partial charge in [0.15, 0.2) is 0 Å². The standard InChI is InChI=1S/C20H25N3O2/c1-13-10-15(24-2)11-17-16(6-4-5-9-21)20(23-19(13)17)14-7-8-18(25-3)22-12-14/h7-8,10-12,23H,4-6,9,21H2,1-3H3. The van der Waals surface area contributed by atoms with Gasteiger partial charge in [-0.05, 0) is 62.1 Å². The molecule has 0 spiro atoms. The van der Waals surface area contributed by atoms with Crippen LogP contribution in [0.2, 0.25) is 0 Å². The molecule has 2 heterocycles. The molecule has 5 heteroatoms. The molecule has 0 aliphatic heterocycles. The highest BCUT2D eigenvalue weighted by Gasteiger charge is 2.16. The molecule has 25 heavy (non-hydrogen) atoms. The van der Waals surface area contributed by atoms with Crippen LogP contribution >= 0.6 is 0 Å². The van der Waals surface area contributed by atoms with E-state index in [-0.39, 0.29) is 0 Å². The highest BCUT2D eigenvalue weighted by molar-refractivity contribution is 5.93. The third-order valence-corrected chi connectivity index (χ3v) is 4.54. The Bertz CT molecular complexity index is 853. The predicted octanol–water partition coefficient (Wildman–Crippen LogP) is 3.84. The van der Waals surface area contributed by atoms with Crippen molar-refractivity contribution in [3.8, 4) is 22.9 Å². The number of methoxy groups -OCH3 is 2. The van der Waals surface area contributed by atoms with E-state index in [1.807, 2.05) is 18.3 Å². The van der Waals surface area contributed by atoms with E-state index in [9.17, 15) is 0 Å². The van der Waals surface area contributed by atoms with Gasteiger partial charge in [0.2, 0.25) is 5.88 Å². The quantitative estimate of drug-likeness (QED) is 0.642. The summed E-state index contributed by atoms with van der Waals surface area (Å²) in [6, 6.07) is 8.09. The Labute approximate surface area is 148 Å². The number of nitrogens with two attached hydrogens (primary N) is 1. The average molecular weight is 339 g/mol. The number of ether oxygens (including phenoxy) is 2. The fourth-order valence-electron chi connectivity index (χ4n) is 3.21. The zero-order valence-corrected chi connectivity index (χ0v) is 15.1. The van der Waals surface area contributed by atoms with Crippen LogP contribution in [0.15, 0.2) is 30.5 Å². The number of fused-ring (bicyclic) bond motifs is 1. The summed E-state index contributed by atoms with van der Waals surface area (Å²) in [5, 5.41) is 1.21. The van der Waals surface area contributed by atoms with Gasteiger partial charge in [0.1, 0.15) is 5.75 Å².